The molecule has 2 aromatic carbocycles. The van der Waals surface area contributed by atoms with Crippen LogP contribution in [0, 0.1) is 6.92 Å². The number of carbonyl (C=O) groups is 4. The van der Waals surface area contributed by atoms with E-state index in [0.717, 1.165) is 21.4 Å². The Kier molecular flexibility index (Phi) is 5.95. The maximum Gasteiger partial charge on any atom is 0.329 e. The van der Waals surface area contributed by atoms with Crippen molar-refractivity contribution in [2.75, 3.05) is 19.0 Å². The molecule has 0 bridgehead atoms. The molecule has 168 valence electrons. The molecule has 1 aliphatic rings. The number of nitrogens with one attached hydrogen (secondary N) is 2. The molecule has 1 fully saturated rings. The minimum absolute atomic E-state index is 0.0380. The van der Waals surface area contributed by atoms with Gasteiger partial charge in [-0.25, -0.2) is 9.69 Å². The summed E-state index contributed by atoms with van der Waals surface area (Å²) in [6.07, 6.45) is 3.28. The number of anilines is 1. The van der Waals surface area contributed by atoms with Gasteiger partial charge in [0.05, 0.1) is 7.11 Å². The van der Waals surface area contributed by atoms with Crippen molar-refractivity contribution in [3.05, 3.63) is 71.6 Å². The van der Waals surface area contributed by atoms with E-state index in [-0.39, 0.29) is 18.1 Å². The number of hydrogen-bond acceptors (Lipinski definition) is 5. The second-order valence-electron chi connectivity index (χ2n) is 7.60. The first-order valence-corrected chi connectivity index (χ1v) is 10.2. The smallest absolute Gasteiger partial charge is 0.329 e. The van der Waals surface area contributed by atoms with E-state index in [4.69, 9.17) is 0 Å². The average Bonchev–Trinajstić information content (AvgIpc) is 3.25. The van der Waals surface area contributed by atoms with Gasteiger partial charge in [-0.15, -0.1) is 0 Å². The molecule has 1 saturated heterocycles. The SMILES string of the molecule is COC(=O)CN1C(=O)N/C(=C/c2cn(CC(=O)Nc3cccc(C)c3)c3ccccc23)C1=O. The van der Waals surface area contributed by atoms with E-state index in [2.05, 4.69) is 15.4 Å². The fraction of sp³-hybridized carbons (Fsp3) is 0.167. The molecule has 4 rings (SSSR count). The van der Waals surface area contributed by atoms with Crippen LogP contribution in [0.5, 0.6) is 0 Å². The van der Waals surface area contributed by atoms with Crippen LogP contribution in [0.15, 0.2) is 60.4 Å². The van der Waals surface area contributed by atoms with Gasteiger partial charge in [0.25, 0.3) is 5.91 Å². The Morgan fingerprint density at radius 2 is 1.88 bits per heavy atom. The van der Waals surface area contributed by atoms with E-state index < -0.39 is 24.5 Å². The first-order valence-electron chi connectivity index (χ1n) is 10.2. The summed E-state index contributed by atoms with van der Waals surface area (Å²) in [5.74, 6) is -1.52. The number of rotatable bonds is 6. The summed E-state index contributed by atoms with van der Waals surface area (Å²) >= 11 is 0. The van der Waals surface area contributed by atoms with Crippen LogP contribution >= 0.6 is 0 Å². The second-order valence-corrected chi connectivity index (χ2v) is 7.60. The molecule has 9 heteroatoms. The zero-order valence-corrected chi connectivity index (χ0v) is 18.1. The van der Waals surface area contributed by atoms with E-state index >= 15 is 0 Å². The molecule has 2 N–H and O–H groups in total. The molecule has 1 aliphatic heterocycles. The molecule has 3 aromatic rings. The maximum absolute atomic E-state index is 12.7. The van der Waals surface area contributed by atoms with Crippen molar-refractivity contribution in [2.24, 2.45) is 0 Å². The van der Waals surface area contributed by atoms with Crippen molar-refractivity contribution in [3.63, 3.8) is 0 Å². The Bertz CT molecular complexity index is 1310. The topological polar surface area (TPSA) is 110 Å². The number of nitrogens with zero attached hydrogens (tertiary/aromatic N) is 2. The molecular formula is C24H22N4O5. The molecule has 33 heavy (non-hydrogen) atoms. The maximum atomic E-state index is 12.7. The number of fused-ring (bicyclic) bond motifs is 1. The number of benzene rings is 2. The fourth-order valence-corrected chi connectivity index (χ4v) is 3.66. The summed E-state index contributed by atoms with van der Waals surface area (Å²) in [6, 6.07) is 14.3. The summed E-state index contributed by atoms with van der Waals surface area (Å²) in [6.45, 7) is 1.54. The zero-order chi connectivity index (χ0) is 23.5. The van der Waals surface area contributed by atoms with Gasteiger partial charge in [-0.2, -0.15) is 0 Å². The molecule has 0 atom stereocenters. The van der Waals surface area contributed by atoms with Crippen LogP contribution in [-0.4, -0.2) is 46.9 Å². The standard InChI is InChI=1S/C24H22N4O5/c1-15-6-5-7-17(10-15)25-21(29)13-27-12-16(18-8-3-4-9-20(18)27)11-19-23(31)28(24(32)26-19)14-22(30)33-2/h3-12H,13-14H2,1-2H3,(H,25,29)(H,26,32)/b19-11+. The van der Waals surface area contributed by atoms with Gasteiger partial charge in [-0.05, 0) is 36.8 Å². The molecule has 0 unspecified atom stereocenters. The molecule has 9 nitrogen and oxygen atoms in total. The molecule has 1 aromatic heterocycles. The Morgan fingerprint density at radius 3 is 2.64 bits per heavy atom. The Morgan fingerprint density at radius 1 is 1.09 bits per heavy atom. The van der Waals surface area contributed by atoms with Gasteiger partial charge < -0.3 is 19.9 Å². The molecule has 0 aliphatic carbocycles. The van der Waals surface area contributed by atoms with Crippen LogP contribution in [0.1, 0.15) is 11.1 Å². The van der Waals surface area contributed by atoms with Gasteiger partial charge in [0.2, 0.25) is 5.91 Å². The quantitative estimate of drug-likeness (QED) is 0.344. The predicted molar refractivity (Wildman–Crippen MR) is 122 cm³/mol. The number of amides is 4. The number of aromatic nitrogens is 1. The van der Waals surface area contributed by atoms with Crippen molar-refractivity contribution in [2.45, 2.75) is 13.5 Å². The van der Waals surface area contributed by atoms with Crippen molar-refractivity contribution in [1.29, 1.82) is 0 Å². The lowest BCUT2D eigenvalue weighted by Gasteiger charge is -2.08. The van der Waals surface area contributed by atoms with E-state index in [0.29, 0.717) is 11.3 Å². The van der Waals surface area contributed by atoms with Crippen molar-refractivity contribution in [1.82, 2.24) is 14.8 Å². The Labute approximate surface area is 189 Å². The third-order valence-corrected chi connectivity index (χ3v) is 5.21. The van der Waals surface area contributed by atoms with Gasteiger partial charge in [0.1, 0.15) is 18.8 Å². The van der Waals surface area contributed by atoms with E-state index in [1.54, 1.807) is 10.8 Å². The predicted octanol–water partition coefficient (Wildman–Crippen LogP) is 2.65. The first-order chi connectivity index (χ1) is 15.9. The normalized spacial score (nSPS) is 14.6. The Balaban J connectivity index is 1.60. The van der Waals surface area contributed by atoms with Gasteiger partial charge in [0, 0.05) is 28.4 Å². The second kappa shape index (κ2) is 8.99. The number of para-hydroxylation sites is 1. The van der Waals surface area contributed by atoms with Crippen LogP contribution in [0.25, 0.3) is 17.0 Å². The number of methoxy groups -OCH3 is 1. The largest absolute Gasteiger partial charge is 0.468 e. The van der Waals surface area contributed by atoms with Gasteiger partial charge in [-0.3, -0.25) is 14.4 Å². The number of hydrogen-bond donors (Lipinski definition) is 2. The molecule has 4 amide bonds. The van der Waals surface area contributed by atoms with E-state index in [1.165, 1.54) is 13.2 Å². The monoisotopic (exact) mass is 446 g/mol. The lowest BCUT2D eigenvalue weighted by atomic mass is 10.1. The summed E-state index contributed by atoms with van der Waals surface area (Å²) in [5.41, 5.74) is 3.24. The minimum Gasteiger partial charge on any atom is -0.468 e. The van der Waals surface area contributed by atoms with Crippen molar-refractivity contribution >= 4 is 46.5 Å². The van der Waals surface area contributed by atoms with Crippen molar-refractivity contribution in [3.8, 4) is 0 Å². The summed E-state index contributed by atoms with van der Waals surface area (Å²) in [4.78, 5) is 49.7. The zero-order valence-electron chi connectivity index (χ0n) is 18.1. The summed E-state index contributed by atoms with van der Waals surface area (Å²) < 4.78 is 6.31. The highest BCUT2D eigenvalue weighted by Gasteiger charge is 2.35. The highest BCUT2D eigenvalue weighted by molar-refractivity contribution is 6.15. The summed E-state index contributed by atoms with van der Waals surface area (Å²) in [5, 5.41) is 6.18. The van der Waals surface area contributed by atoms with Crippen molar-refractivity contribution < 1.29 is 23.9 Å². The molecule has 0 saturated carbocycles. The molecule has 0 radical (unpaired) electrons. The van der Waals surface area contributed by atoms with Crippen LogP contribution in [-0.2, 0) is 25.7 Å². The number of esters is 1. The van der Waals surface area contributed by atoms with Gasteiger partial charge in [-0.1, -0.05) is 30.3 Å². The highest BCUT2D eigenvalue weighted by Crippen LogP contribution is 2.25. The van der Waals surface area contributed by atoms with Crippen LogP contribution in [0.4, 0.5) is 10.5 Å². The van der Waals surface area contributed by atoms with Crippen LogP contribution in [0.3, 0.4) is 0 Å². The lowest BCUT2D eigenvalue weighted by molar-refractivity contribution is -0.143. The third kappa shape index (κ3) is 4.62. The lowest BCUT2D eigenvalue weighted by Crippen LogP contribution is -2.36. The molecular weight excluding hydrogens is 424 g/mol. The first kappa shape index (κ1) is 21.8. The van der Waals surface area contributed by atoms with Crippen LogP contribution < -0.4 is 10.6 Å². The van der Waals surface area contributed by atoms with Gasteiger partial charge >= 0.3 is 12.0 Å². The average molecular weight is 446 g/mol. The number of carbonyl (C=O) groups excluding carboxylic acids is 4. The molecule has 0 spiro atoms. The van der Waals surface area contributed by atoms with Gasteiger partial charge in [0.15, 0.2) is 0 Å². The number of urea groups is 1. The molecule has 2 heterocycles. The van der Waals surface area contributed by atoms with E-state index in [9.17, 15) is 19.2 Å². The van der Waals surface area contributed by atoms with Crippen LogP contribution in [0.2, 0.25) is 0 Å². The third-order valence-electron chi connectivity index (χ3n) is 5.21. The number of ether oxygens (including phenoxy) is 1. The highest BCUT2D eigenvalue weighted by atomic mass is 16.5. The number of aryl methyl sites for hydroxylation is 1. The summed E-state index contributed by atoms with van der Waals surface area (Å²) in [7, 11) is 1.18. The van der Waals surface area contributed by atoms with E-state index in [1.807, 2.05) is 55.5 Å². The number of imide groups is 1. The fourth-order valence-electron chi connectivity index (χ4n) is 3.66. The minimum atomic E-state index is -0.698. The Hall–Kier alpha value is -4.40.